The maximum atomic E-state index is 5.82. The van der Waals surface area contributed by atoms with Crippen LogP contribution in [0, 0.1) is 0 Å². The maximum absolute atomic E-state index is 5.82. The fourth-order valence-electron chi connectivity index (χ4n) is 0.981. The summed E-state index contributed by atoms with van der Waals surface area (Å²) in [6, 6.07) is 3.79. The number of hydrogen-bond acceptors (Lipinski definition) is 3. The van der Waals surface area contributed by atoms with Gasteiger partial charge in [-0.2, -0.15) is 0 Å². The topological polar surface area (TPSA) is 42.1 Å². The summed E-state index contributed by atoms with van der Waals surface area (Å²) in [6.07, 6.45) is 5.42. The normalized spacial score (nSPS) is 10.2. The molecule has 0 aliphatic rings. The average molecular weight is 219 g/mol. The summed E-state index contributed by atoms with van der Waals surface area (Å²) in [5.41, 5.74) is 1.95. The van der Waals surface area contributed by atoms with Crippen molar-refractivity contribution in [2.24, 2.45) is 5.84 Å². The van der Waals surface area contributed by atoms with Gasteiger partial charge in [0.15, 0.2) is 0 Å². The fourth-order valence-corrected chi connectivity index (χ4v) is 0.981. The molecule has 0 atom stereocenters. The van der Waals surface area contributed by atoms with Crippen molar-refractivity contribution in [1.82, 2.24) is 4.98 Å². The van der Waals surface area contributed by atoms with Crippen LogP contribution < -0.4 is 10.9 Å². The summed E-state index contributed by atoms with van der Waals surface area (Å²) >= 11 is 0. The van der Waals surface area contributed by atoms with Crippen molar-refractivity contribution in [3.8, 4) is 0 Å². The molecule has 0 bridgehead atoms. The summed E-state index contributed by atoms with van der Waals surface area (Å²) in [7, 11) is 0. The van der Waals surface area contributed by atoms with Gasteiger partial charge in [0, 0.05) is 11.9 Å². The van der Waals surface area contributed by atoms with Gasteiger partial charge in [0.25, 0.3) is 0 Å². The fraction of sp³-hybridized carbons (Fsp3) is 0.308. The molecule has 1 rings (SSSR count). The predicted octanol–water partition coefficient (Wildman–Crippen LogP) is 3.35. The van der Waals surface area contributed by atoms with Crippen LogP contribution in [0.1, 0.15) is 33.3 Å². The zero-order valence-corrected chi connectivity index (χ0v) is 10.6. The summed E-state index contributed by atoms with van der Waals surface area (Å²) in [4.78, 5) is 4.21. The van der Waals surface area contributed by atoms with E-state index in [0.29, 0.717) is 0 Å². The third kappa shape index (κ3) is 3.87. The summed E-state index contributed by atoms with van der Waals surface area (Å²) in [5.74, 6) is 6.55. The SMILES string of the molecule is C=Cc1ccc(N(N)/C(C)=C\C)nc1.CC. The second-order valence-corrected chi connectivity index (χ2v) is 2.95. The van der Waals surface area contributed by atoms with E-state index in [0.717, 1.165) is 17.1 Å². The zero-order valence-electron chi connectivity index (χ0n) is 10.6. The third-order valence-electron chi connectivity index (χ3n) is 2.05. The molecule has 3 heteroatoms. The Morgan fingerprint density at radius 2 is 2.06 bits per heavy atom. The lowest BCUT2D eigenvalue weighted by Gasteiger charge is -2.17. The van der Waals surface area contributed by atoms with Crippen LogP contribution in [0.25, 0.3) is 6.08 Å². The second-order valence-electron chi connectivity index (χ2n) is 2.95. The molecule has 3 nitrogen and oxygen atoms in total. The number of pyridine rings is 1. The Morgan fingerprint density at radius 3 is 2.44 bits per heavy atom. The molecule has 16 heavy (non-hydrogen) atoms. The van der Waals surface area contributed by atoms with Gasteiger partial charge in [-0.3, -0.25) is 5.01 Å². The molecule has 1 aromatic heterocycles. The standard InChI is InChI=1S/C11H15N3.C2H6/c1-4-9(3)14(12)11-7-6-10(5-2)8-13-11;1-2/h4-8H,2,12H2,1,3H3;1-2H3/b9-4-;. The van der Waals surface area contributed by atoms with Gasteiger partial charge in [-0.15, -0.1) is 0 Å². The molecular weight excluding hydrogens is 198 g/mol. The van der Waals surface area contributed by atoms with Gasteiger partial charge in [-0.05, 0) is 31.5 Å². The maximum Gasteiger partial charge on any atom is 0.146 e. The average Bonchev–Trinajstić information content (AvgIpc) is 2.39. The molecule has 1 aromatic rings. The Labute approximate surface area is 98.3 Å². The summed E-state index contributed by atoms with van der Waals surface area (Å²) < 4.78 is 0. The van der Waals surface area contributed by atoms with E-state index in [1.165, 1.54) is 0 Å². The van der Waals surface area contributed by atoms with E-state index < -0.39 is 0 Å². The van der Waals surface area contributed by atoms with Gasteiger partial charge in [0.1, 0.15) is 5.82 Å². The Hall–Kier alpha value is -1.61. The van der Waals surface area contributed by atoms with E-state index in [2.05, 4.69) is 11.6 Å². The van der Waals surface area contributed by atoms with E-state index in [4.69, 9.17) is 5.84 Å². The molecule has 0 aliphatic heterocycles. The highest BCUT2D eigenvalue weighted by Crippen LogP contribution is 2.12. The number of hydrazine groups is 1. The molecule has 0 unspecified atom stereocenters. The van der Waals surface area contributed by atoms with Crippen molar-refractivity contribution in [1.29, 1.82) is 0 Å². The first-order chi connectivity index (χ1) is 7.69. The number of aromatic nitrogens is 1. The Bertz CT molecular complexity index is 339. The van der Waals surface area contributed by atoms with Crippen LogP contribution in [-0.4, -0.2) is 4.98 Å². The Balaban J connectivity index is 0.00000106. The van der Waals surface area contributed by atoms with Gasteiger partial charge in [0.2, 0.25) is 0 Å². The molecule has 0 fully saturated rings. The molecule has 0 amide bonds. The minimum atomic E-state index is 0.728. The summed E-state index contributed by atoms with van der Waals surface area (Å²) in [5, 5.41) is 1.55. The Morgan fingerprint density at radius 1 is 1.44 bits per heavy atom. The van der Waals surface area contributed by atoms with Crippen molar-refractivity contribution >= 4 is 11.9 Å². The summed E-state index contributed by atoms with van der Waals surface area (Å²) in [6.45, 7) is 11.5. The lowest BCUT2D eigenvalue weighted by molar-refractivity contribution is 0.957. The smallest absolute Gasteiger partial charge is 0.146 e. The molecule has 0 aliphatic carbocycles. The van der Waals surface area contributed by atoms with Crippen molar-refractivity contribution in [3.63, 3.8) is 0 Å². The van der Waals surface area contributed by atoms with Crippen LogP contribution >= 0.6 is 0 Å². The number of nitrogens with zero attached hydrogens (tertiary/aromatic N) is 2. The molecule has 0 saturated heterocycles. The zero-order chi connectivity index (χ0) is 12.6. The van der Waals surface area contributed by atoms with Crippen LogP contribution in [0.5, 0.6) is 0 Å². The second kappa shape index (κ2) is 7.65. The largest absolute Gasteiger partial charge is 0.267 e. The van der Waals surface area contributed by atoms with E-state index in [1.807, 2.05) is 45.9 Å². The monoisotopic (exact) mass is 219 g/mol. The van der Waals surface area contributed by atoms with Gasteiger partial charge in [-0.25, -0.2) is 10.8 Å². The quantitative estimate of drug-likeness (QED) is 0.626. The van der Waals surface area contributed by atoms with Crippen molar-refractivity contribution in [3.05, 3.63) is 42.2 Å². The molecule has 0 radical (unpaired) electrons. The molecule has 1 heterocycles. The molecule has 0 spiro atoms. The number of allylic oxidation sites excluding steroid dienone is 2. The molecule has 0 aromatic carbocycles. The van der Waals surface area contributed by atoms with E-state index in [-0.39, 0.29) is 0 Å². The van der Waals surface area contributed by atoms with E-state index >= 15 is 0 Å². The molecular formula is C13H21N3. The van der Waals surface area contributed by atoms with Crippen LogP contribution in [0.2, 0.25) is 0 Å². The van der Waals surface area contributed by atoms with Crippen molar-refractivity contribution in [2.75, 3.05) is 5.01 Å². The van der Waals surface area contributed by atoms with Crippen LogP contribution in [0.3, 0.4) is 0 Å². The number of rotatable bonds is 3. The van der Waals surface area contributed by atoms with Crippen LogP contribution in [0.15, 0.2) is 36.7 Å². The minimum absolute atomic E-state index is 0.728. The molecule has 0 saturated carbocycles. The van der Waals surface area contributed by atoms with Crippen molar-refractivity contribution in [2.45, 2.75) is 27.7 Å². The highest BCUT2D eigenvalue weighted by atomic mass is 15.4. The van der Waals surface area contributed by atoms with Gasteiger partial charge >= 0.3 is 0 Å². The first kappa shape index (κ1) is 14.4. The van der Waals surface area contributed by atoms with Crippen molar-refractivity contribution < 1.29 is 0 Å². The van der Waals surface area contributed by atoms with Gasteiger partial charge in [-0.1, -0.05) is 32.6 Å². The van der Waals surface area contributed by atoms with Gasteiger partial charge in [0.05, 0.1) is 0 Å². The lowest BCUT2D eigenvalue weighted by atomic mass is 10.3. The molecule has 2 N–H and O–H groups in total. The van der Waals surface area contributed by atoms with Crippen LogP contribution in [-0.2, 0) is 0 Å². The highest BCUT2D eigenvalue weighted by Gasteiger charge is 2.02. The number of anilines is 1. The lowest BCUT2D eigenvalue weighted by Crippen LogP contribution is -2.29. The first-order valence-electron chi connectivity index (χ1n) is 5.45. The predicted molar refractivity (Wildman–Crippen MR) is 71.8 cm³/mol. The third-order valence-corrected chi connectivity index (χ3v) is 2.05. The van der Waals surface area contributed by atoms with E-state index in [1.54, 1.807) is 17.3 Å². The van der Waals surface area contributed by atoms with Gasteiger partial charge < -0.3 is 0 Å². The number of nitrogens with two attached hydrogens (primary N) is 1. The molecule has 88 valence electrons. The Kier molecular flexibility index (Phi) is 6.88. The first-order valence-corrected chi connectivity index (χ1v) is 5.45. The van der Waals surface area contributed by atoms with E-state index in [9.17, 15) is 0 Å². The number of hydrogen-bond donors (Lipinski definition) is 1. The minimum Gasteiger partial charge on any atom is -0.267 e. The van der Waals surface area contributed by atoms with Crippen LogP contribution in [0.4, 0.5) is 5.82 Å². The highest BCUT2D eigenvalue weighted by molar-refractivity contribution is 5.50.